The highest BCUT2D eigenvalue weighted by Crippen LogP contribution is 2.22. The Hall–Kier alpha value is -3.06. The lowest BCUT2D eigenvalue weighted by Gasteiger charge is -2.27. The largest absolute Gasteiger partial charge is 0.475 e. The van der Waals surface area contributed by atoms with Crippen LogP contribution in [0, 0.1) is 0 Å². The van der Waals surface area contributed by atoms with Crippen LogP contribution in [0.1, 0.15) is 27.6 Å². The third-order valence-electron chi connectivity index (χ3n) is 4.18. The first kappa shape index (κ1) is 15.5. The molecular formula is C18H16N4O3. The zero-order valence-electron chi connectivity index (χ0n) is 13.4. The monoisotopic (exact) mass is 336 g/mol. The van der Waals surface area contributed by atoms with Crippen LogP contribution in [0.4, 0.5) is 0 Å². The average Bonchev–Trinajstić information content (AvgIpc) is 3.11. The lowest BCUT2D eigenvalue weighted by molar-refractivity contribution is 0.0658. The molecule has 1 aliphatic rings. The standard InChI is InChI=1S/C18H16N4O3/c23-18(24)16-4-3-14(25-16)11-22-7-5-15-13(10-22)9-20-17(21-15)12-2-1-6-19-8-12/h1-4,6,8-9H,5,7,10-11H2,(H,23,24). The van der Waals surface area contributed by atoms with Crippen LogP contribution < -0.4 is 0 Å². The molecule has 25 heavy (non-hydrogen) atoms. The third kappa shape index (κ3) is 3.27. The van der Waals surface area contributed by atoms with E-state index in [-0.39, 0.29) is 5.76 Å². The third-order valence-corrected chi connectivity index (χ3v) is 4.18. The Bertz CT molecular complexity index is 908. The number of carboxylic acids is 1. The van der Waals surface area contributed by atoms with Gasteiger partial charge in [-0.25, -0.2) is 14.8 Å². The van der Waals surface area contributed by atoms with Crippen LogP contribution in [-0.4, -0.2) is 37.5 Å². The van der Waals surface area contributed by atoms with Crippen molar-refractivity contribution in [1.82, 2.24) is 19.9 Å². The van der Waals surface area contributed by atoms with Crippen molar-refractivity contribution < 1.29 is 14.3 Å². The van der Waals surface area contributed by atoms with E-state index in [0.29, 0.717) is 24.7 Å². The van der Waals surface area contributed by atoms with Gasteiger partial charge in [0.15, 0.2) is 5.82 Å². The molecule has 0 bridgehead atoms. The summed E-state index contributed by atoms with van der Waals surface area (Å²) in [5.41, 5.74) is 3.05. The van der Waals surface area contributed by atoms with Gasteiger partial charge in [0, 0.05) is 49.2 Å². The van der Waals surface area contributed by atoms with Gasteiger partial charge in [0.2, 0.25) is 5.76 Å². The van der Waals surface area contributed by atoms with Crippen molar-refractivity contribution in [2.24, 2.45) is 0 Å². The summed E-state index contributed by atoms with van der Waals surface area (Å²) in [6.07, 6.45) is 6.16. The average molecular weight is 336 g/mol. The van der Waals surface area contributed by atoms with Gasteiger partial charge in [0.1, 0.15) is 5.76 Å². The fourth-order valence-electron chi connectivity index (χ4n) is 2.94. The predicted molar refractivity (Wildman–Crippen MR) is 88.7 cm³/mol. The zero-order chi connectivity index (χ0) is 17.2. The maximum atomic E-state index is 10.9. The van der Waals surface area contributed by atoms with Crippen LogP contribution >= 0.6 is 0 Å². The minimum Gasteiger partial charge on any atom is -0.475 e. The molecule has 4 heterocycles. The number of pyridine rings is 1. The van der Waals surface area contributed by atoms with Gasteiger partial charge in [0.05, 0.1) is 12.2 Å². The Balaban J connectivity index is 1.49. The van der Waals surface area contributed by atoms with Gasteiger partial charge in [-0.1, -0.05) is 0 Å². The number of rotatable bonds is 4. The van der Waals surface area contributed by atoms with E-state index in [1.54, 1.807) is 18.5 Å². The second-order valence-corrected chi connectivity index (χ2v) is 5.94. The zero-order valence-corrected chi connectivity index (χ0v) is 13.4. The van der Waals surface area contributed by atoms with Crippen molar-refractivity contribution in [3.05, 3.63) is 65.6 Å². The number of nitrogens with zero attached hydrogens (tertiary/aromatic N) is 4. The van der Waals surface area contributed by atoms with E-state index in [4.69, 9.17) is 9.52 Å². The Kier molecular flexibility index (Phi) is 3.99. The Morgan fingerprint density at radius 3 is 2.96 bits per heavy atom. The summed E-state index contributed by atoms with van der Waals surface area (Å²) in [6, 6.07) is 7.01. The molecule has 0 atom stereocenters. The molecule has 4 rings (SSSR count). The summed E-state index contributed by atoms with van der Waals surface area (Å²) < 4.78 is 5.33. The molecule has 7 heteroatoms. The first-order valence-electron chi connectivity index (χ1n) is 7.98. The van der Waals surface area contributed by atoms with Crippen LogP contribution in [0.3, 0.4) is 0 Å². The fraction of sp³-hybridized carbons (Fsp3) is 0.222. The van der Waals surface area contributed by atoms with E-state index in [1.165, 1.54) is 6.07 Å². The van der Waals surface area contributed by atoms with E-state index in [9.17, 15) is 4.79 Å². The fourth-order valence-corrected chi connectivity index (χ4v) is 2.94. The maximum Gasteiger partial charge on any atom is 0.371 e. The normalized spacial score (nSPS) is 14.2. The summed E-state index contributed by atoms with van der Waals surface area (Å²) in [5, 5.41) is 8.93. The van der Waals surface area contributed by atoms with Gasteiger partial charge in [-0.2, -0.15) is 0 Å². The maximum absolute atomic E-state index is 10.9. The van der Waals surface area contributed by atoms with Crippen molar-refractivity contribution >= 4 is 5.97 Å². The van der Waals surface area contributed by atoms with Crippen LogP contribution in [0.5, 0.6) is 0 Å². The molecule has 0 amide bonds. The molecule has 0 saturated heterocycles. The highest BCUT2D eigenvalue weighted by molar-refractivity contribution is 5.84. The highest BCUT2D eigenvalue weighted by atomic mass is 16.4. The molecule has 0 aromatic carbocycles. The minimum atomic E-state index is -1.05. The molecule has 0 saturated carbocycles. The van der Waals surface area contributed by atoms with Crippen molar-refractivity contribution in [3.63, 3.8) is 0 Å². The lowest BCUT2D eigenvalue weighted by atomic mass is 10.1. The quantitative estimate of drug-likeness (QED) is 0.782. The molecular weight excluding hydrogens is 320 g/mol. The predicted octanol–water partition coefficient (Wildman–Crippen LogP) is 2.39. The van der Waals surface area contributed by atoms with Crippen LogP contribution in [0.2, 0.25) is 0 Å². The molecule has 0 radical (unpaired) electrons. The number of furan rings is 1. The van der Waals surface area contributed by atoms with E-state index in [0.717, 1.165) is 29.8 Å². The van der Waals surface area contributed by atoms with Crippen molar-refractivity contribution in [2.75, 3.05) is 6.54 Å². The molecule has 1 aliphatic heterocycles. The first-order valence-corrected chi connectivity index (χ1v) is 7.98. The number of hydrogen-bond donors (Lipinski definition) is 1. The van der Waals surface area contributed by atoms with Crippen LogP contribution in [0.25, 0.3) is 11.4 Å². The molecule has 0 aliphatic carbocycles. The van der Waals surface area contributed by atoms with Crippen LogP contribution in [-0.2, 0) is 19.5 Å². The molecule has 126 valence electrons. The number of aromatic nitrogens is 3. The molecule has 7 nitrogen and oxygen atoms in total. The Morgan fingerprint density at radius 2 is 2.20 bits per heavy atom. The minimum absolute atomic E-state index is 0.0307. The SMILES string of the molecule is O=C(O)c1ccc(CN2CCc3nc(-c4cccnc4)ncc3C2)o1. The lowest BCUT2D eigenvalue weighted by Crippen LogP contribution is -2.30. The number of hydrogen-bond acceptors (Lipinski definition) is 6. The number of aromatic carboxylic acids is 1. The summed E-state index contributed by atoms with van der Waals surface area (Å²) in [6.45, 7) is 2.11. The van der Waals surface area contributed by atoms with Gasteiger partial charge in [-0.15, -0.1) is 0 Å². The summed E-state index contributed by atoms with van der Waals surface area (Å²) in [4.78, 5) is 26.3. The van der Waals surface area contributed by atoms with E-state index >= 15 is 0 Å². The second-order valence-electron chi connectivity index (χ2n) is 5.94. The smallest absolute Gasteiger partial charge is 0.371 e. The number of carboxylic acid groups (broad SMARTS) is 1. The van der Waals surface area contributed by atoms with Crippen molar-refractivity contribution in [2.45, 2.75) is 19.5 Å². The Morgan fingerprint density at radius 1 is 1.28 bits per heavy atom. The van der Waals surface area contributed by atoms with Gasteiger partial charge in [0.25, 0.3) is 0 Å². The first-order chi connectivity index (χ1) is 12.2. The summed E-state index contributed by atoms with van der Waals surface area (Å²) >= 11 is 0. The molecule has 0 fully saturated rings. The van der Waals surface area contributed by atoms with E-state index in [2.05, 4.69) is 19.9 Å². The molecule has 3 aromatic heterocycles. The van der Waals surface area contributed by atoms with Crippen molar-refractivity contribution in [1.29, 1.82) is 0 Å². The highest BCUT2D eigenvalue weighted by Gasteiger charge is 2.20. The Labute approximate surface area is 144 Å². The van der Waals surface area contributed by atoms with Gasteiger partial charge in [-0.05, 0) is 24.3 Å². The molecule has 3 aromatic rings. The van der Waals surface area contributed by atoms with Gasteiger partial charge < -0.3 is 9.52 Å². The van der Waals surface area contributed by atoms with E-state index < -0.39 is 5.97 Å². The molecule has 0 unspecified atom stereocenters. The number of carbonyl (C=O) groups is 1. The topological polar surface area (TPSA) is 92.3 Å². The van der Waals surface area contributed by atoms with Crippen LogP contribution in [0.15, 0.2) is 47.3 Å². The molecule has 0 spiro atoms. The van der Waals surface area contributed by atoms with Gasteiger partial charge in [-0.3, -0.25) is 9.88 Å². The molecule has 1 N–H and O–H groups in total. The van der Waals surface area contributed by atoms with Gasteiger partial charge >= 0.3 is 5.97 Å². The van der Waals surface area contributed by atoms with E-state index in [1.807, 2.05) is 18.3 Å². The summed E-state index contributed by atoms with van der Waals surface area (Å²) in [5.74, 6) is 0.259. The summed E-state index contributed by atoms with van der Waals surface area (Å²) in [7, 11) is 0. The second kappa shape index (κ2) is 6.45. The number of fused-ring (bicyclic) bond motifs is 1. The van der Waals surface area contributed by atoms with Crippen molar-refractivity contribution in [3.8, 4) is 11.4 Å².